The van der Waals surface area contributed by atoms with Crippen molar-refractivity contribution in [2.45, 2.75) is 38.1 Å². The summed E-state index contributed by atoms with van der Waals surface area (Å²) in [6, 6.07) is 4.97. The maximum Gasteiger partial charge on any atom is 0.241 e. The van der Waals surface area contributed by atoms with Crippen LogP contribution in [0, 0.1) is 13.8 Å². The van der Waals surface area contributed by atoms with E-state index >= 15 is 0 Å². The predicted molar refractivity (Wildman–Crippen MR) is 100.0 cm³/mol. The Morgan fingerprint density at radius 2 is 1.88 bits per heavy atom. The first-order valence-corrected chi connectivity index (χ1v) is 10.1. The summed E-state index contributed by atoms with van der Waals surface area (Å²) in [6.07, 6.45) is 3.94. The van der Waals surface area contributed by atoms with Gasteiger partial charge in [-0.15, -0.1) is 0 Å². The molecule has 1 saturated heterocycles. The SMILES string of the molecule is COc1ccc(S(=O)(=O)NCc2ccnc(N3CCCC3)n2)c(C)c1C. The maximum atomic E-state index is 12.7. The Labute approximate surface area is 154 Å². The van der Waals surface area contributed by atoms with Crippen LogP contribution in [0.4, 0.5) is 5.95 Å². The van der Waals surface area contributed by atoms with Crippen LogP contribution in [0.25, 0.3) is 0 Å². The second-order valence-corrected chi connectivity index (χ2v) is 8.12. The zero-order chi connectivity index (χ0) is 18.7. The van der Waals surface area contributed by atoms with Crippen LogP contribution in [-0.4, -0.2) is 38.6 Å². The molecule has 2 heterocycles. The molecule has 1 aromatic heterocycles. The molecule has 0 aliphatic carbocycles. The molecule has 0 bridgehead atoms. The van der Waals surface area contributed by atoms with Crippen LogP contribution in [0.15, 0.2) is 29.3 Å². The maximum absolute atomic E-state index is 12.7. The number of benzene rings is 1. The van der Waals surface area contributed by atoms with Crippen molar-refractivity contribution < 1.29 is 13.2 Å². The van der Waals surface area contributed by atoms with Crippen molar-refractivity contribution in [3.05, 3.63) is 41.2 Å². The van der Waals surface area contributed by atoms with Crippen LogP contribution < -0.4 is 14.4 Å². The third-order valence-electron chi connectivity index (χ3n) is 4.73. The number of nitrogens with one attached hydrogen (secondary N) is 1. The molecule has 140 valence electrons. The van der Waals surface area contributed by atoms with Crippen LogP contribution in [0.3, 0.4) is 0 Å². The lowest BCUT2D eigenvalue weighted by Gasteiger charge is -2.16. The molecule has 26 heavy (non-hydrogen) atoms. The molecule has 7 nitrogen and oxygen atoms in total. The Kier molecular flexibility index (Phi) is 5.43. The summed E-state index contributed by atoms with van der Waals surface area (Å²) in [5.74, 6) is 1.34. The largest absolute Gasteiger partial charge is 0.496 e. The third kappa shape index (κ3) is 3.81. The normalized spacial score (nSPS) is 14.7. The zero-order valence-electron chi connectivity index (χ0n) is 15.3. The van der Waals surface area contributed by atoms with Crippen LogP contribution in [0.1, 0.15) is 29.7 Å². The number of ether oxygens (including phenoxy) is 1. The fraction of sp³-hybridized carbons (Fsp3) is 0.444. The van der Waals surface area contributed by atoms with Crippen molar-refractivity contribution in [3.63, 3.8) is 0 Å². The van der Waals surface area contributed by atoms with E-state index in [2.05, 4.69) is 19.6 Å². The number of anilines is 1. The average Bonchev–Trinajstić information content (AvgIpc) is 3.17. The number of sulfonamides is 1. The summed E-state index contributed by atoms with van der Waals surface area (Å²) in [5.41, 5.74) is 2.14. The zero-order valence-corrected chi connectivity index (χ0v) is 16.1. The summed E-state index contributed by atoms with van der Waals surface area (Å²) < 4.78 is 33.3. The minimum absolute atomic E-state index is 0.121. The Morgan fingerprint density at radius 1 is 1.15 bits per heavy atom. The van der Waals surface area contributed by atoms with E-state index in [4.69, 9.17) is 4.74 Å². The molecule has 1 aliphatic heterocycles. The van der Waals surface area contributed by atoms with Crippen LogP contribution >= 0.6 is 0 Å². The van der Waals surface area contributed by atoms with Gasteiger partial charge >= 0.3 is 0 Å². The van der Waals surface area contributed by atoms with Gasteiger partial charge in [0.05, 0.1) is 24.2 Å². The van der Waals surface area contributed by atoms with Gasteiger partial charge in [-0.3, -0.25) is 0 Å². The lowest BCUT2D eigenvalue weighted by molar-refractivity contribution is 0.410. The van der Waals surface area contributed by atoms with Crippen molar-refractivity contribution in [2.24, 2.45) is 0 Å². The summed E-state index contributed by atoms with van der Waals surface area (Å²) in [6.45, 7) is 5.64. The molecule has 0 unspecified atom stereocenters. The minimum Gasteiger partial charge on any atom is -0.496 e. The Balaban J connectivity index is 1.77. The van der Waals surface area contributed by atoms with Crippen LogP contribution in [0.2, 0.25) is 0 Å². The van der Waals surface area contributed by atoms with Crippen LogP contribution in [0.5, 0.6) is 5.75 Å². The smallest absolute Gasteiger partial charge is 0.241 e. The number of rotatable bonds is 6. The van der Waals surface area contributed by atoms with Gasteiger partial charge in [0, 0.05) is 19.3 Å². The van der Waals surface area contributed by atoms with E-state index in [1.165, 1.54) is 0 Å². The summed E-state index contributed by atoms with van der Waals surface area (Å²) in [7, 11) is -2.08. The molecule has 0 spiro atoms. The van der Waals surface area contributed by atoms with E-state index < -0.39 is 10.0 Å². The number of hydrogen-bond acceptors (Lipinski definition) is 6. The molecule has 1 fully saturated rings. The third-order valence-corrected chi connectivity index (χ3v) is 6.28. The van der Waals surface area contributed by atoms with Gasteiger partial charge in [0.1, 0.15) is 5.75 Å². The lowest BCUT2D eigenvalue weighted by atomic mass is 10.1. The first kappa shape index (κ1) is 18.6. The van der Waals surface area contributed by atoms with Gasteiger partial charge in [-0.25, -0.2) is 23.1 Å². The highest BCUT2D eigenvalue weighted by Crippen LogP contribution is 2.26. The molecule has 0 radical (unpaired) electrons. The highest BCUT2D eigenvalue weighted by molar-refractivity contribution is 7.89. The number of hydrogen-bond donors (Lipinski definition) is 1. The molecule has 2 aromatic rings. The highest BCUT2D eigenvalue weighted by Gasteiger charge is 2.20. The predicted octanol–water partition coefficient (Wildman–Crippen LogP) is 2.18. The molecule has 1 aromatic carbocycles. The summed E-state index contributed by atoms with van der Waals surface area (Å²) >= 11 is 0. The summed E-state index contributed by atoms with van der Waals surface area (Å²) in [4.78, 5) is 11.2. The van der Waals surface area contributed by atoms with E-state index in [0.717, 1.165) is 31.5 Å². The Hall–Kier alpha value is -2.19. The molecule has 3 rings (SSSR count). The molecule has 0 amide bonds. The fourth-order valence-corrected chi connectivity index (χ4v) is 4.38. The van der Waals surface area contributed by atoms with Gasteiger partial charge in [0.2, 0.25) is 16.0 Å². The fourth-order valence-electron chi connectivity index (χ4n) is 3.08. The summed E-state index contributed by atoms with van der Waals surface area (Å²) in [5, 5.41) is 0. The molecule has 1 aliphatic rings. The van der Waals surface area contributed by atoms with Crippen molar-refractivity contribution in [1.29, 1.82) is 0 Å². The van der Waals surface area contributed by atoms with E-state index in [1.54, 1.807) is 38.4 Å². The van der Waals surface area contributed by atoms with Crippen molar-refractivity contribution in [2.75, 3.05) is 25.1 Å². The quantitative estimate of drug-likeness (QED) is 0.832. The molecular weight excluding hydrogens is 352 g/mol. The average molecular weight is 376 g/mol. The van der Waals surface area contributed by atoms with Crippen molar-refractivity contribution in [1.82, 2.24) is 14.7 Å². The van der Waals surface area contributed by atoms with E-state index in [9.17, 15) is 8.42 Å². The monoisotopic (exact) mass is 376 g/mol. The first-order valence-electron chi connectivity index (χ1n) is 8.63. The van der Waals surface area contributed by atoms with Crippen molar-refractivity contribution in [3.8, 4) is 5.75 Å². The second kappa shape index (κ2) is 7.59. The minimum atomic E-state index is -3.65. The molecule has 8 heteroatoms. The number of aromatic nitrogens is 2. The second-order valence-electron chi connectivity index (χ2n) is 6.38. The molecule has 0 saturated carbocycles. The van der Waals surface area contributed by atoms with Crippen molar-refractivity contribution >= 4 is 16.0 Å². The molecule has 1 N–H and O–H groups in total. The first-order chi connectivity index (χ1) is 12.4. The standard InChI is InChI=1S/C18H24N4O3S/c1-13-14(2)17(7-6-16(13)25-3)26(23,24)20-12-15-8-9-19-18(21-15)22-10-4-5-11-22/h6-9,20H,4-5,10-12H2,1-3H3. The van der Waals surface area contributed by atoms with Crippen LogP contribution in [-0.2, 0) is 16.6 Å². The van der Waals surface area contributed by atoms with E-state index in [-0.39, 0.29) is 11.4 Å². The number of methoxy groups -OCH3 is 1. The Bertz CT molecular complexity index is 893. The van der Waals surface area contributed by atoms with Gasteiger partial charge in [0.15, 0.2) is 0 Å². The van der Waals surface area contributed by atoms with Gasteiger partial charge in [0.25, 0.3) is 0 Å². The van der Waals surface area contributed by atoms with Gasteiger partial charge in [-0.2, -0.15) is 0 Å². The van der Waals surface area contributed by atoms with Gasteiger partial charge in [-0.05, 0) is 56.0 Å². The molecular formula is C18H24N4O3S. The topological polar surface area (TPSA) is 84.4 Å². The van der Waals surface area contributed by atoms with Gasteiger partial charge < -0.3 is 9.64 Å². The Morgan fingerprint density at radius 3 is 2.58 bits per heavy atom. The highest BCUT2D eigenvalue weighted by atomic mass is 32.2. The van der Waals surface area contributed by atoms with E-state index in [1.807, 2.05) is 6.92 Å². The lowest BCUT2D eigenvalue weighted by Crippen LogP contribution is -2.26. The van der Waals surface area contributed by atoms with E-state index in [0.29, 0.717) is 23.0 Å². The molecule has 0 atom stereocenters. The van der Waals surface area contributed by atoms with Gasteiger partial charge in [-0.1, -0.05) is 0 Å². The number of nitrogens with zero attached hydrogens (tertiary/aromatic N) is 3.